The molecule has 26 heavy (non-hydrogen) atoms. The van der Waals surface area contributed by atoms with Gasteiger partial charge in [-0.3, -0.25) is 9.69 Å². The number of anilines is 1. The molecule has 1 aliphatic rings. The lowest BCUT2D eigenvalue weighted by atomic mass is 9.87. The molecule has 1 aromatic heterocycles. The van der Waals surface area contributed by atoms with Gasteiger partial charge in [0.2, 0.25) is 11.0 Å². The lowest BCUT2D eigenvalue weighted by molar-refractivity contribution is -0.123. The zero-order chi connectivity index (χ0) is 18.7. The van der Waals surface area contributed by atoms with Gasteiger partial charge in [-0.05, 0) is 30.7 Å². The van der Waals surface area contributed by atoms with Gasteiger partial charge in [-0.2, -0.15) is 0 Å². The Kier molecular flexibility index (Phi) is 5.76. The predicted octanol–water partition coefficient (Wildman–Crippen LogP) is 5.44. The first-order valence-corrected chi connectivity index (χ1v) is 10.5. The van der Waals surface area contributed by atoms with Crippen LogP contribution in [0.4, 0.5) is 5.13 Å². The van der Waals surface area contributed by atoms with Crippen LogP contribution in [0.5, 0.6) is 0 Å². The smallest absolute Gasteiger partial charge is 0.231 e. The van der Waals surface area contributed by atoms with Crippen LogP contribution in [-0.2, 0) is 10.2 Å². The van der Waals surface area contributed by atoms with Gasteiger partial charge in [0, 0.05) is 18.0 Å². The van der Waals surface area contributed by atoms with Crippen molar-refractivity contribution in [3.8, 4) is 10.6 Å². The first-order valence-electron chi connectivity index (χ1n) is 9.66. The van der Waals surface area contributed by atoms with Gasteiger partial charge in [-0.1, -0.05) is 75.6 Å². The first kappa shape index (κ1) is 19.0. The van der Waals surface area contributed by atoms with Gasteiger partial charge >= 0.3 is 0 Å². The van der Waals surface area contributed by atoms with Gasteiger partial charge in [0.15, 0.2) is 0 Å². The molecule has 0 saturated heterocycles. The Balaban J connectivity index is 1.78. The minimum absolute atomic E-state index is 0.135. The van der Waals surface area contributed by atoms with Crippen molar-refractivity contribution >= 4 is 22.4 Å². The number of aromatic nitrogens is 2. The number of carbonyl (C=O) groups excluding carboxylic acids is 1. The number of hydrogen-bond acceptors (Lipinski definition) is 4. The van der Waals surface area contributed by atoms with Crippen LogP contribution in [0.2, 0.25) is 0 Å². The molecule has 0 spiro atoms. The topological polar surface area (TPSA) is 46.1 Å². The van der Waals surface area contributed by atoms with E-state index in [1.165, 1.54) is 23.3 Å². The predicted molar refractivity (Wildman–Crippen MR) is 109 cm³/mol. The normalized spacial score (nSPS) is 15.8. The van der Waals surface area contributed by atoms with Crippen LogP contribution >= 0.6 is 11.3 Å². The van der Waals surface area contributed by atoms with E-state index in [2.05, 4.69) is 55.2 Å². The van der Waals surface area contributed by atoms with E-state index in [9.17, 15) is 4.79 Å². The molecule has 1 fully saturated rings. The third kappa shape index (κ3) is 4.14. The molecule has 1 aliphatic carbocycles. The van der Waals surface area contributed by atoms with Crippen molar-refractivity contribution in [1.29, 1.82) is 0 Å². The van der Waals surface area contributed by atoms with Crippen molar-refractivity contribution < 1.29 is 4.79 Å². The van der Waals surface area contributed by atoms with E-state index in [0.29, 0.717) is 6.54 Å². The van der Waals surface area contributed by atoms with E-state index >= 15 is 0 Å². The summed E-state index contributed by atoms with van der Waals surface area (Å²) < 4.78 is 0. The molecule has 1 heterocycles. The molecule has 0 bridgehead atoms. The average Bonchev–Trinajstić information content (AvgIpc) is 3.12. The highest BCUT2D eigenvalue weighted by atomic mass is 32.1. The molecule has 0 radical (unpaired) electrons. The minimum Gasteiger partial charge on any atom is -0.287 e. The molecular formula is C21H29N3OS. The summed E-state index contributed by atoms with van der Waals surface area (Å²) in [6.45, 7) is 9.29. The van der Waals surface area contributed by atoms with Crippen molar-refractivity contribution in [2.24, 2.45) is 5.92 Å². The fourth-order valence-corrected chi connectivity index (χ4v) is 4.43. The van der Waals surface area contributed by atoms with E-state index in [0.717, 1.165) is 41.4 Å². The zero-order valence-electron chi connectivity index (χ0n) is 16.3. The van der Waals surface area contributed by atoms with E-state index < -0.39 is 0 Å². The number of amides is 1. The summed E-state index contributed by atoms with van der Waals surface area (Å²) in [5.41, 5.74) is 2.49. The summed E-state index contributed by atoms with van der Waals surface area (Å²) >= 11 is 1.51. The molecule has 0 aliphatic heterocycles. The van der Waals surface area contributed by atoms with Crippen molar-refractivity contribution in [3.63, 3.8) is 0 Å². The monoisotopic (exact) mass is 371 g/mol. The van der Waals surface area contributed by atoms with Gasteiger partial charge in [-0.15, -0.1) is 10.2 Å². The maximum Gasteiger partial charge on any atom is 0.231 e. The second-order valence-electron chi connectivity index (χ2n) is 8.13. The molecule has 5 heteroatoms. The summed E-state index contributed by atoms with van der Waals surface area (Å²) in [7, 11) is 0. The molecule has 140 valence electrons. The first-order chi connectivity index (χ1) is 12.4. The van der Waals surface area contributed by atoms with Crippen molar-refractivity contribution in [2.75, 3.05) is 11.4 Å². The molecule has 0 unspecified atom stereocenters. The van der Waals surface area contributed by atoms with Crippen LogP contribution in [0.25, 0.3) is 10.6 Å². The van der Waals surface area contributed by atoms with Gasteiger partial charge in [0.1, 0.15) is 5.01 Å². The summed E-state index contributed by atoms with van der Waals surface area (Å²) in [5.74, 6) is 0.375. The van der Waals surface area contributed by atoms with Crippen molar-refractivity contribution in [2.45, 2.75) is 65.2 Å². The second kappa shape index (κ2) is 7.87. The van der Waals surface area contributed by atoms with Crippen LogP contribution in [0, 0.1) is 5.92 Å². The van der Waals surface area contributed by atoms with Gasteiger partial charge in [-0.25, -0.2) is 0 Å². The highest BCUT2D eigenvalue weighted by Crippen LogP contribution is 2.33. The molecule has 1 saturated carbocycles. The van der Waals surface area contributed by atoms with Crippen molar-refractivity contribution in [1.82, 2.24) is 10.2 Å². The highest BCUT2D eigenvalue weighted by molar-refractivity contribution is 7.18. The molecule has 0 N–H and O–H groups in total. The van der Waals surface area contributed by atoms with Crippen LogP contribution in [0.3, 0.4) is 0 Å². The van der Waals surface area contributed by atoms with Gasteiger partial charge in [0.25, 0.3) is 0 Å². The molecule has 2 aromatic rings. The van der Waals surface area contributed by atoms with E-state index in [1.807, 2.05) is 11.8 Å². The lowest BCUT2D eigenvalue weighted by Crippen LogP contribution is -2.36. The molecule has 3 rings (SSSR count). The summed E-state index contributed by atoms with van der Waals surface area (Å²) in [5, 5.41) is 10.3. The minimum atomic E-state index is 0.135. The lowest BCUT2D eigenvalue weighted by Gasteiger charge is -2.26. The number of hydrogen-bond donors (Lipinski definition) is 0. The number of carbonyl (C=O) groups is 1. The van der Waals surface area contributed by atoms with E-state index in [1.54, 1.807) is 0 Å². The Morgan fingerprint density at radius 3 is 2.35 bits per heavy atom. The number of nitrogens with zero attached hydrogens (tertiary/aromatic N) is 3. The molecule has 4 nitrogen and oxygen atoms in total. The number of rotatable bonds is 4. The SMILES string of the molecule is CCN(C(=O)C1CCCCC1)c1nnc(-c2ccc(C(C)(C)C)cc2)s1. The molecule has 1 amide bonds. The quantitative estimate of drug-likeness (QED) is 0.719. The third-order valence-electron chi connectivity index (χ3n) is 5.18. The Morgan fingerprint density at radius 1 is 1.12 bits per heavy atom. The maximum absolute atomic E-state index is 12.9. The standard InChI is InChI=1S/C21H29N3OS/c1-5-24(19(25)16-9-7-6-8-10-16)20-23-22-18(26-20)15-11-13-17(14-12-15)21(2,3)4/h11-14,16H,5-10H2,1-4H3. The maximum atomic E-state index is 12.9. The van der Waals surface area contributed by atoms with Crippen LogP contribution in [0.1, 0.15) is 65.4 Å². The largest absolute Gasteiger partial charge is 0.287 e. The highest BCUT2D eigenvalue weighted by Gasteiger charge is 2.28. The van der Waals surface area contributed by atoms with E-state index in [4.69, 9.17) is 0 Å². The zero-order valence-corrected chi connectivity index (χ0v) is 17.1. The summed E-state index contributed by atoms with van der Waals surface area (Å²) in [6.07, 6.45) is 5.60. The molecular weight excluding hydrogens is 342 g/mol. The fourth-order valence-electron chi connectivity index (χ4n) is 3.51. The Hall–Kier alpha value is -1.75. The fraction of sp³-hybridized carbons (Fsp3) is 0.571. The van der Waals surface area contributed by atoms with Crippen LogP contribution in [-0.4, -0.2) is 22.6 Å². The Labute approximate surface area is 160 Å². The molecule has 1 aromatic carbocycles. The second-order valence-corrected chi connectivity index (χ2v) is 9.09. The third-order valence-corrected chi connectivity index (χ3v) is 6.18. The van der Waals surface area contributed by atoms with E-state index in [-0.39, 0.29) is 17.2 Å². The Morgan fingerprint density at radius 2 is 1.77 bits per heavy atom. The summed E-state index contributed by atoms with van der Waals surface area (Å²) in [6, 6.07) is 8.51. The Bertz CT molecular complexity index is 739. The van der Waals surface area contributed by atoms with Crippen LogP contribution in [0.15, 0.2) is 24.3 Å². The van der Waals surface area contributed by atoms with Gasteiger partial charge in [0.05, 0.1) is 0 Å². The average molecular weight is 372 g/mol. The number of benzene rings is 1. The van der Waals surface area contributed by atoms with Crippen LogP contribution < -0.4 is 4.90 Å². The molecule has 0 atom stereocenters. The summed E-state index contributed by atoms with van der Waals surface area (Å²) in [4.78, 5) is 14.7. The van der Waals surface area contributed by atoms with Gasteiger partial charge < -0.3 is 0 Å². The van der Waals surface area contributed by atoms with Crippen molar-refractivity contribution in [3.05, 3.63) is 29.8 Å².